The zero-order valence-electron chi connectivity index (χ0n) is 12.1. The van der Waals surface area contributed by atoms with Crippen LogP contribution in [-0.2, 0) is 0 Å². The number of nitrogen functional groups attached to an aromatic ring is 1. The predicted octanol–water partition coefficient (Wildman–Crippen LogP) is 2.37. The van der Waals surface area contributed by atoms with Gasteiger partial charge in [-0.15, -0.1) is 0 Å². The Morgan fingerprint density at radius 3 is 2.68 bits per heavy atom. The van der Waals surface area contributed by atoms with Crippen molar-refractivity contribution in [1.29, 1.82) is 0 Å². The molecule has 19 heavy (non-hydrogen) atoms. The fraction of sp³-hybridized carbons (Fsp3) is 0.667. The van der Waals surface area contributed by atoms with E-state index in [4.69, 9.17) is 5.73 Å². The minimum Gasteiger partial charge on any atom is -0.382 e. The summed E-state index contributed by atoms with van der Waals surface area (Å²) in [6.45, 7) is 6.07. The molecule has 1 heterocycles. The van der Waals surface area contributed by atoms with Crippen molar-refractivity contribution in [2.24, 2.45) is 0 Å². The van der Waals surface area contributed by atoms with Crippen LogP contribution in [0.4, 0.5) is 10.9 Å². The maximum atomic E-state index is 12.4. The Morgan fingerprint density at radius 1 is 1.53 bits per heavy atom. The van der Waals surface area contributed by atoms with E-state index in [9.17, 15) is 4.79 Å². The third kappa shape index (κ3) is 4.28. The third-order valence-corrected chi connectivity index (χ3v) is 4.46. The number of nitrogens with one attached hydrogen (secondary N) is 1. The number of aromatic nitrogens is 1. The third-order valence-electron chi connectivity index (χ3n) is 2.65. The molecule has 1 atom stereocenters. The molecule has 1 amide bonds. The van der Waals surface area contributed by atoms with E-state index in [0.29, 0.717) is 15.8 Å². The lowest BCUT2D eigenvalue weighted by atomic mass is 10.3. The van der Waals surface area contributed by atoms with Crippen molar-refractivity contribution in [2.45, 2.75) is 32.9 Å². The van der Waals surface area contributed by atoms with E-state index in [1.165, 1.54) is 11.3 Å². The van der Waals surface area contributed by atoms with Crippen molar-refractivity contribution in [3.05, 3.63) is 4.88 Å². The maximum Gasteiger partial charge on any atom is 0.267 e. The first kappa shape index (κ1) is 16.1. The molecule has 1 aromatic rings. The van der Waals surface area contributed by atoms with E-state index in [0.717, 1.165) is 5.75 Å². The highest BCUT2D eigenvalue weighted by atomic mass is 32.2. The Bertz CT molecular complexity index is 433. The van der Waals surface area contributed by atoms with Crippen LogP contribution in [0.1, 0.15) is 30.4 Å². The Morgan fingerprint density at radius 2 is 2.16 bits per heavy atom. The van der Waals surface area contributed by atoms with Crippen molar-refractivity contribution in [3.63, 3.8) is 0 Å². The highest BCUT2D eigenvalue weighted by Crippen LogP contribution is 2.27. The maximum absolute atomic E-state index is 12.4. The first-order valence-corrected chi connectivity index (χ1v) is 8.36. The van der Waals surface area contributed by atoms with Crippen molar-refractivity contribution < 1.29 is 4.79 Å². The number of anilines is 2. The second-order valence-electron chi connectivity index (χ2n) is 4.75. The lowest BCUT2D eigenvalue weighted by molar-refractivity contribution is 0.0763. The van der Waals surface area contributed by atoms with Crippen LogP contribution in [0.3, 0.4) is 0 Å². The number of nitrogens with zero attached hydrogens (tertiary/aromatic N) is 2. The molecule has 0 saturated heterocycles. The number of amides is 1. The number of nitrogens with two attached hydrogens (primary N) is 1. The zero-order valence-corrected chi connectivity index (χ0v) is 13.7. The average Bonchev–Trinajstić information content (AvgIpc) is 2.67. The van der Waals surface area contributed by atoms with Gasteiger partial charge in [0.2, 0.25) is 0 Å². The molecule has 0 aliphatic rings. The molecule has 0 radical (unpaired) electrons. The Labute approximate surface area is 123 Å². The van der Waals surface area contributed by atoms with Crippen LogP contribution in [-0.4, -0.2) is 46.9 Å². The highest BCUT2D eigenvalue weighted by Gasteiger charge is 2.23. The number of carbonyl (C=O) groups is 1. The molecule has 1 aromatic heterocycles. The average molecular weight is 302 g/mol. The van der Waals surface area contributed by atoms with Gasteiger partial charge in [0.05, 0.1) is 0 Å². The lowest BCUT2D eigenvalue weighted by Crippen LogP contribution is -2.36. The van der Waals surface area contributed by atoms with Crippen LogP contribution < -0.4 is 11.1 Å². The molecule has 7 heteroatoms. The predicted molar refractivity (Wildman–Crippen MR) is 85.2 cm³/mol. The molecule has 0 aliphatic heterocycles. The van der Waals surface area contributed by atoms with E-state index in [1.54, 1.807) is 23.7 Å². The van der Waals surface area contributed by atoms with Crippen LogP contribution in [0.25, 0.3) is 0 Å². The molecule has 0 bridgehead atoms. The molecule has 5 nitrogen and oxygen atoms in total. The number of hydrogen-bond acceptors (Lipinski definition) is 6. The molecule has 0 aromatic carbocycles. The number of hydrogen-bond donors (Lipinski definition) is 2. The fourth-order valence-electron chi connectivity index (χ4n) is 1.51. The normalized spacial score (nSPS) is 12.5. The summed E-state index contributed by atoms with van der Waals surface area (Å²) in [5.41, 5.74) is 5.84. The second kappa shape index (κ2) is 7.00. The van der Waals surface area contributed by atoms with Crippen LogP contribution >= 0.6 is 23.1 Å². The lowest BCUT2D eigenvalue weighted by Gasteiger charge is -2.23. The van der Waals surface area contributed by atoms with Gasteiger partial charge in [0.15, 0.2) is 5.13 Å². The number of thiazole rings is 1. The SMILES string of the molecule is CSCC(C)N(C)C(=O)c1sc(NC(C)C)nc1N. The number of carbonyl (C=O) groups excluding carboxylic acids is 1. The Balaban J connectivity index is 2.84. The molecule has 1 unspecified atom stereocenters. The van der Waals surface area contributed by atoms with Gasteiger partial charge in [0.1, 0.15) is 10.7 Å². The molecule has 0 spiro atoms. The van der Waals surface area contributed by atoms with Gasteiger partial charge in [0.25, 0.3) is 5.91 Å². The van der Waals surface area contributed by atoms with Gasteiger partial charge in [-0.25, -0.2) is 4.98 Å². The van der Waals surface area contributed by atoms with E-state index in [1.807, 2.05) is 27.0 Å². The molecule has 3 N–H and O–H groups in total. The summed E-state index contributed by atoms with van der Waals surface area (Å²) in [5, 5.41) is 3.86. The van der Waals surface area contributed by atoms with Crippen molar-refractivity contribution in [1.82, 2.24) is 9.88 Å². The fourth-order valence-corrected chi connectivity index (χ4v) is 3.23. The topological polar surface area (TPSA) is 71.2 Å². The molecule has 108 valence electrons. The van der Waals surface area contributed by atoms with Crippen LogP contribution in [0.5, 0.6) is 0 Å². The van der Waals surface area contributed by atoms with Gasteiger partial charge in [-0.05, 0) is 27.0 Å². The minimum atomic E-state index is -0.0617. The Kier molecular flexibility index (Phi) is 5.93. The minimum absolute atomic E-state index is 0.0617. The first-order valence-electron chi connectivity index (χ1n) is 6.15. The van der Waals surface area contributed by atoms with E-state index in [2.05, 4.69) is 10.3 Å². The highest BCUT2D eigenvalue weighted by molar-refractivity contribution is 7.98. The van der Waals surface area contributed by atoms with E-state index in [-0.39, 0.29) is 18.0 Å². The molecule has 0 fully saturated rings. The molecule has 0 aliphatic carbocycles. The molecule has 0 saturated carbocycles. The van der Waals surface area contributed by atoms with Crippen molar-refractivity contribution in [2.75, 3.05) is 30.1 Å². The van der Waals surface area contributed by atoms with Crippen LogP contribution in [0.2, 0.25) is 0 Å². The second-order valence-corrected chi connectivity index (χ2v) is 6.66. The smallest absolute Gasteiger partial charge is 0.267 e. The summed E-state index contributed by atoms with van der Waals surface area (Å²) in [6, 6.07) is 0.437. The van der Waals surface area contributed by atoms with Crippen molar-refractivity contribution >= 4 is 40.0 Å². The van der Waals surface area contributed by atoms with Gasteiger partial charge in [-0.1, -0.05) is 11.3 Å². The summed E-state index contributed by atoms with van der Waals surface area (Å²) in [4.78, 5) is 18.8. The molecular formula is C12H22N4OS2. The molecule has 1 rings (SSSR count). The summed E-state index contributed by atoms with van der Waals surface area (Å²) >= 11 is 3.03. The monoisotopic (exact) mass is 302 g/mol. The zero-order chi connectivity index (χ0) is 14.6. The summed E-state index contributed by atoms with van der Waals surface area (Å²) < 4.78 is 0. The van der Waals surface area contributed by atoms with Crippen LogP contribution in [0.15, 0.2) is 0 Å². The summed E-state index contributed by atoms with van der Waals surface area (Å²) in [5.74, 6) is 1.15. The van der Waals surface area contributed by atoms with E-state index < -0.39 is 0 Å². The summed E-state index contributed by atoms with van der Waals surface area (Å²) in [7, 11) is 1.80. The Hall–Kier alpha value is -0.950. The van der Waals surface area contributed by atoms with Crippen molar-refractivity contribution in [3.8, 4) is 0 Å². The number of thioether (sulfide) groups is 1. The standard InChI is InChI=1S/C12H22N4OS2/c1-7(2)14-12-15-10(13)9(19-12)11(17)16(4)8(3)6-18-5/h7-8H,6,13H2,1-5H3,(H,14,15). The first-order chi connectivity index (χ1) is 8.86. The number of rotatable bonds is 6. The van der Waals surface area contributed by atoms with Gasteiger partial charge in [0, 0.05) is 24.9 Å². The summed E-state index contributed by atoms with van der Waals surface area (Å²) in [6.07, 6.45) is 2.03. The van der Waals surface area contributed by atoms with Gasteiger partial charge in [-0.3, -0.25) is 4.79 Å². The van der Waals surface area contributed by atoms with Gasteiger partial charge >= 0.3 is 0 Å². The van der Waals surface area contributed by atoms with E-state index >= 15 is 0 Å². The molecular weight excluding hydrogens is 280 g/mol. The quantitative estimate of drug-likeness (QED) is 0.844. The van der Waals surface area contributed by atoms with Crippen LogP contribution in [0, 0.1) is 0 Å². The largest absolute Gasteiger partial charge is 0.382 e. The van der Waals surface area contributed by atoms with Gasteiger partial charge < -0.3 is 16.0 Å². The van der Waals surface area contributed by atoms with Gasteiger partial charge in [-0.2, -0.15) is 11.8 Å².